The summed E-state index contributed by atoms with van der Waals surface area (Å²) in [5.74, 6) is 0. The van der Waals surface area contributed by atoms with Crippen molar-refractivity contribution in [2.75, 3.05) is 5.32 Å². The molecule has 0 radical (unpaired) electrons. The molecule has 0 amide bonds. The molecule has 0 spiro atoms. The molecule has 0 atom stereocenters. The summed E-state index contributed by atoms with van der Waals surface area (Å²) in [6, 6.07) is 4.36. The Morgan fingerprint density at radius 2 is 2.21 bits per heavy atom. The quantitative estimate of drug-likeness (QED) is 0.854. The molecule has 0 aliphatic heterocycles. The third kappa shape index (κ3) is 1.35. The highest BCUT2D eigenvalue weighted by atomic mass is 35.5. The van der Waals surface area contributed by atoms with Gasteiger partial charge in [0, 0.05) is 6.04 Å². The molecular weight excluding hydrogens is 218 g/mol. The Kier molecular flexibility index (Phi) is 1.85. The van der Waals surface area contributed by atoms with E-state index in [1.54, 1.807) is 0 Å². The number of nitrogens with zero attached hydrogens (tertiary/aromatic N) is 2. The second-order valence-corrected chi connectivity index (χ2v) is 4.41. The summed E-state index contributed by atoms with van der Waals surface area (Å²) in [5.41, 5.74) is 2.76. The normalized spacial score (nSPS) is 16.1. The van der Waals surface area contributed by atoms with Gasteiger partial charge in [0.25, 0.3) is 0 Å². The molecule has 72 valence electrons. The number of hydrogen-bond donors (Lipinski definition) is 1. The standard InChI is InChI=1S/C9H8ClN3S/c10-6-3-4-7-9(13-14-12-7)8(6)11-5-1-2-5/h3-5,11H,1-2H2. The van der Waals surface area contributed by atoms with Crippen molar-refractivity contribution in [3.05, 3.63) is 17.2 Å². The first-order valence-corrected chi connectivity index (χ1v) is 5.63. The molecule has 1 fully saturated rings. The number of fused-ring (bicyclic) bond motifs is 1. The van der Waals surface area contributed by atoms with Crippen LogP contribution in [0.5, 0.6) is 0 Å². The minimum atomic E-state index is 0.583. The van der Waals surface area contributed by atoms with Crippen molar-refractivity contribution in [1.29, 1.82) is 0 Å². The minimum absolute atomic E-state index is 0.583. The van der Waals surface area contributed by atoms with E-state index in [4.69, 9.17) is 11.6 Å². The predicted molar refractivity (Wildman–Crippen MR) is 59.1 cm³/mol. The number of rotatable bonds is 2. The zero-order chi connectivity index (χ0) is 9.54. The van der Waals surface area contributed by atoms with E-state index in [1.807, 2.05) is 12.1 Å². The third-order valence-electron chi connectivity index (χ3n) is 2.30. The maximum absolute atomic E-state index is 6.11. The number of benzene rings is 1. The summed E-state index contributed by atoms with van der Waals surface area (Å²) in [4.78, 5) is 0. The van der Waals surface area contributed by atoms with Crippen LogP contribution in [0.3, 0.4) is 0 Å². The average molecular weight is 226 g/mol. The first kappa shape index (κ1) is 8.44. The van der Waals surface area contributed by atoms with E-state index in [0.29, 0.717) is 6.04 Å². The van der Waals surface area contributed by atoms with Gasteiger partial charge >= 0.3 is 0 Å². The Morgan fingerprint density at radius 1 is 1.36 bits per heavy atom. The molecule has 14 heavy (non-hydrogen) atoms. The average Bonchev–Trinajstić information content (AvgIpc) is 2.86. The zero-order valence-corrected chi connectivity index (χ0v) is 8.90. The second-order valence-electron chi connectivity index (χ2n) is 3.47. The molecule has 0 unspecified atom stereocenters. The maximum atomic E-state index is 6.11. The van der Waals surface area contributed by atoms with Crippen LogP contribution in [-0.4, -0.2) is 14.8 Å². The van der Waals surface area contributed by atoms with Crippen LogP contribution in [-0.2, 0) is 0 Å². The number of aromatic nitrogens is 2. The molecule has 3 nitrogen and oxygen atoms in total. The fourth-order valence-corrected chi connectivity index (χ4v) is 2.15. The summed E-state index contributed by atoms with van der Waals surface area (Å²) in [6.45, 7) is 0. The van der Waals surface area contributed by atoms with Gasteiger partial charge in [-0.3, -0.25) is 0 Å². The SMILES string of the molecule is Clc1ccc2nsnc2c1NC1CC1. The van der Waals surface area contributed by atoms with Crippen LogP contribution in [0.4, 0.5) is 5.69 Å². The number of hydrogen-bond acceptors (Lipinski definition) is 4. The fourth-order valence-electron chi connectivity index (χ4n) is 1.40. The maximum Gasteiger partial charge on any atom is 0.129 e. The summed E-state index contributed by atoms with van der Waals surface area (Å²) in [7, 11) is 0. The van der Waals surface area contributed by atoms with Gasteiger partial charge in [0.1, 0.15) is 11.0 Å². The summed E-state index contributed by atoms with van der Waals surface area (Å²) >= 11 is 7.33. The molecule has 1 aromatic heterocycles. The molecule has 1 aliphatic rings. The topological polar surface area (TPSA) is 37.8 Å². The third-order valence-corrected chi connectivity index (χ3v) is 3.16. The van der Waals surface area contributed by atoms with Gasteiger partial charge in [-0.15, -0.1) is 0 Å². The molecular formula is C9H8ClN3S. The van der Waals surface area contributed by atoms with Gasteiger partial charge in [0.05, 0.1) is 22.4 Å². The fraction of sp³-hybridized carbons (Fsp3) is 0.333. The van der Waals surface area contributed by atoms with Crippen LogP contribution >= 0.6 is 23.3 Å². The number of nitrogens with one attached hydrogen (secondary N) is 1. The molecule has 1 N–H and O–H groups in total. The second kappa shape index (κ2) is 3.07. The molecule has 5 heteroatoms. The van der Waals surface area contributed by atoms with Gasteiger partial charge in [-0.1, -0.05) is 11.6 Å². The van der Waals surface area contributed by atoms with E-state index in [9.17, 15) is 0 Å². The van der Waals surface area contributed by atoms with E-state index < -0.39 is 0 Å². The smallest absolute Gasteiger partial charge is 0.129 e. The van der Waals surface area contributed by atoms with Crippen molar-refractivity contribution >= 4 is 40.0 Å². The molecule has 1 aromatic carbocycles. The van der Waals surface area contributed by atoms with Crippen LogP contribution in [0.15, 0.2) is 12.1 Å². The minimum Gasteiger partial charge on any atom is -0.379 e. The molecule has 1 heterocycles. The van der Waals surface area contributed by atoms with Crippen molar-refractivity contribution in [3.8, 4) is 0 Å². The van der Waals surface area contributed by atoms with Crippen LogP contribution < -0.4 is 5.32 Å². The molecule has 3 rings (SSSR count). The molecule has 1 saturated carbocycles. The van der Waals surface area contributed by atoms with E-state index >= 15 is 0 Å². The summed E-state index contributed by atoms with van der Waals surface area (Å²) < 4.78 is 8.42. The first-order chi connectivity index (χ1) is 6.84. The lowest BCUT2D eigenvalue weighted by Gasteiger charge is -2.06. The van der Waals surface area contributed by atoms with Crippen LogP contribution in [0.25, 0.3) is 11.0 Å². The van der Waals surface area contributed by atoms with Gasteiger partial charge in [0.15, 0.2) is 0 Å². The summed E-state index contributed by atoms with van der Waals surface area (Å²) in [6.07, 6.45) is 2.45. The largest absolute Gasteiger partial charge is 0.379 e. The number of halogens is 1. The highest BCUT2D eigenvalue weighted by Gasteiger charge is 2.23. The Balaban J connectivity index is 2.15. The van der Waals surface area contributed by atoms with E-state index in [0.717, 1.165) is 21.7 Å². The van der Waals surface area contributed by atoms with Crippen LogP contribution in [0.2, 0.25) is 5.02 Å². The molecule has 2 aromatic rings. The van der Waals surface area contributed by atoms with Crippen molar-refractivity contribution in [1.82, 2.24) is 8.75 Å². The Bertz CT molecular complexity index is 478. The highest BCUT2D eigenvalue weighted by molar-refractivity contribution is 7.00. The van der Waals surface area contributed by atoms with Gasteiger partial charge < -0.3 is 5.32 Å². The summed E-state index contributed by atoms with van der Waals surface area (Å²) in [5, 5.41) is 4.12. The lowest BCUT2D eigenvalue weighted by molar-refractivity contribution is 1.16. The van der Waals surface area contributed by atoms with Gasteiger partial charge in [-0.25, -0.2) is 0 Å². The van der Waals surface area contributed by atoms with Crippen molar-refractivity contribution < 1.29 is 0 Å². The monoisotopic (exact) mass is 225 g/mol. The van der Waals surface area contributed by atoms with Gasteiger partial charge in [-0.05, 0) is 25.0 Å². The highest BCUT2D eigenvalue weighted by Crippen LogP contribution is 2.34. The van der Waals surface area contributed by atoms with Crippen LogP contribution in [0.1, 0.15) is 12.8 Å². The van der Waals surface area contributed by atoms with Gasteiger partial charge in [-0.2, -0.15) is 8.75 Å². The molecule has 0 saturated heterocycles. The lowest BCUT2D eigenvalue weighted by Crippen LogP contribution is -2.01. The molecule has 0 bridgehead atoms. The first-order valence-electron chi connectivity index (χ1n) is 4.52. The predicted octanol–water partition coefficient (Wildman–Crippen LogP) is 2.92. The zero-order valence-electron chi connectivity index (χ0n) is 7.33. The van der Waals surface area contributed by atoms with E-state index in [-0.39, 0.29) is 0 Å². The Labute approximate surface area is 90.4 Å². The Morgan fingerprint density at radius 3 is 3.00 bits per heavy atom. The van der Waals surface area contributed by atoms with Crippen LogP contribution in [0, 0.1) is 0 Å². The van der Waals surface area contributed by atoms with Crippen molar-refractivity contribution in [2.24, 2.45) is 0 Å². The number of anilines is 1. The van der Waals surface area contributed by atoms with Crippen molar-refractivity contribution in [3.63, 3.8) is 0 Å². The lowest BCUT2D eigenvalue weighted by atomic mass is 10.2. The van der Waals surface area contributed by atoms with Crippen molar-refractivity contribution in [2.45, 2.75) is 18.9 Å². The van der Waals surface area contributed by atoms with E-state index in [1.165, 1.54) is 24.6 Å². The molecule has 1 aliphatic carbocycles. The van der Waals surface area contributed by atoms with E-state index in [2.05, 4.69) is 14.1 Å². The van der Waals surface area contributed by atoms with Gasteiger partial charge in [0.2, 0.25) is 0 Å². The Hall–Kier alpha value is -0.870.